The molecule has 1 unspecified atom stereocenters. The minimum absolute atomic E-state index is 0.157. The van der Waals surface area contributed by atoms with Gasteiger partial charge in [0.1, 0.15) is 11.9 Å². The minimum atomic E-state index is -0.392. The van der Waals surface area contributed by atoms with Crippen molar-refractivity contribution >= 4 is 11.6 Å². The van der Waals surface area contributed by atoms with Crippen molar-refractivity contribution in [3.8, 4) is 5.75 Å². The summed E-state index contributed by atoms with van der Waals surface area (Å²) in [6, 6.07) is 9.33. The fourth-order valence-corrected chi connectivity index (χ4v) is 3.15. The van der Waals surface area contributed by atoms with Crippen LogP contribution in [0.3, 0.4) is 0 Å². The first-order chi connectivity index (χ1) is 11.5. The van der Waals surface area contributed by atoms with E-state index in [9.17, 15) is 5.11 Å². The maximum Gasteiger partial charge on any atom is 0.128 e. The molecular formula is C19H23ClN2O2. The Morgan fingerprint density at radius 3 is 2.62 bits per heavy atom. The number of ether oxygens (including phenoxy) is 1. The summed E-state index contributed by atoms with van der Waals surface area (Å²) in [5.41, 5.74) is 2.52. The van der Waals surface area contributed by atoms with Gasteiger partial charge in [0.05, 0.1) is 16.8 Å². The fraction of sp³-hybridized carbons (Fsp3) is 0.421. The molecule has 1 atom stereocenters. The number of likely N-dealkylation sites (tertiary alicyclic amines) is 1. The molecule has 4 nitrogen and oxygen atoms in total. The van der Waals surface area contributed by atoms with Crippen molar-refractivity contribution in [2.45, 2.75) is 32.0 Å². The number of hydrogen-bond acceptors (Lipinski definition) is 4. The number of phenolic OH excluding ortho intramolecular Hbond substituents is 1. The first kappa shape index (κ1) is 17.2. The van der Waals surface area contributed by atoms with Crippen molar-refractivity contribution in [1.82, 2.24) is 9.88 Å². The lowest BCUT2D eigenvalue weighted by atomic mass is 10.0. The van der Waals surface area contributed by atoms with Crippen molar-refractivity contribution in [3.05, 3.63) is 58.4 Å². The number of aromatic hydroxyl groups is 1. The second kappa shape index (κ2) is 7.51. The summed E-state index contributed by atoms with van der Waals surface area (Å²) in [7, 11) is 2.13. The van der Waals surface area contributed by atoms with Crippen LogP contribution in [-0.2, 0) is 4.74 Å². The molecule has 1 aromatic heterocycles. The molecule has 5 heteroatoms. The minimum Gasteiger partial charge on any atom is -0.508 e. The Hall–Kier alpha value is -1.62. The number of aromatic nitrogens is 1. The molecule has 1 saturated heterocycles. The van der Waals surface area contributed by atoms with Gasteiger partial charge in [0.2, 0.25) is 0 Å². The van der Waals surface area contributed by atoms with Gasteiger partial charge in [0, 0.05) is 24.8 Å². The molecule has 2 heterocycles. The number of nitrogens with zero attached hydrogens (tertiary/aromatic N) is 2. The number of pyridine rings is 1. The highest BCUT2D eigenvalue weighted by atomic mass is 35.5. The molecule has 0 spiro atoms. The number of rotatable bonds is 4. The summed E-state index contributed by atoms with van der Waals surface area (Å²) in [5.74, 6) is 0.240. The molecule has 0 bridgehead atoms. The van der Waals surface area contributed by atoms with Crippen LogP contribution >= 0.6 is 11.6 Å². The maximum atomic E-state index is 10.4. The van der Waals surface area contributed by atoms with Gasteiger partial charge in [0.15, 0.2) is 0 Å². The summed E-state index contributed by atoms with van der Waals surface area (Å²) in [6.07, 6.45) is 3.34. The molecule has 0 saturated carbocycles. The average molecular weight is 347 g/mol. The van der Waals surface area contributed by atoms with Gasteiger partial charge in [-0.25, -0.2) is 0 Å². The third kappa shape index (κ3) is 4.07. The van der Waals surface area contributed by atoms with Crippen LogP contribution < -0.4 is 0 Å². The Labute approximate surface area is 148 Å². The molecule has 2 aromatic rings. The predicted octanol–water partition coefficient (Wildman–Crippen LogP) is 3.95. The number of piperidine rings is 1. The van der Waals surface area contributed by atoms with Crippen molar-refractivity contribution in [1.29, 1.82) is 0 Å². The topological polar surface area (TPSA) is 45.6 Å². The van der Waals surface area contributed by atoms with Crippen LogP contribution in [0.25, 0.3) is 0 Å². The molecule has 24 heavy (non-hydrogen) atoms. The van der Waals surface area contributed by atoms with Crippen LogP contribution in [0.5, 0.6) is 5.75 Å². The summed E-state index contributed by atoms with van der Waals surface area (Å²) in [5, 5.41) is 11.0. The lowest BCUT2D eigenvalue weighted by molar-refractivity contribution is -0.0258. The van der Waals surface area contributed by atoms with Crippen LogP contribution in [0.1, 0.15) is 35.8 Å². The van der Waals surface area contributed by atoms with Gasteiger partial charge in [-0.1, -0.05) is 23.7 Å². The van der Waals surface area contributed by atoms with Crippen LogP contribution in [0.4, 0.5) is 0 Å². The summed E-state index contributed by atoms with van der Waals surface area (Å²) in [6.45, 7) is 3.99. The summed E-state index contributed by atoms with van der Waals surface area (Å²) < 4.78 is 6.38. The van der Waals surface area contributed by atoms with E-state index in [1.807, 2.05) is 25.1 Å². The van der Waals surface area contributed by atoms with E-state index < -0.39 is 6.10 Å². The van der Waals surface area contributed by atoms with Gasteiger partial charge in [-0.3, -0.25) is 4.98 Å². The Morgan fingerprint density at radius 2 is 2.00 bits per heavy atom. The molecule has 128 valence electrons. The first-order valence-corrected chi connectivity index (χ1v) is 8.65. The van der Waals surface area contributed by atoms with Gasteiger partial charge in [-0.2, -0.15) is 0 Å². The maximum absolute atomic E-state index is 10.4. The van der Waals surface area contributed by atoms with Crippen LogP contribution in [0.2, 0.25) is 5.02 Å². The van der Waals surface area contributed by atoms with Gasteiger partial charge >= 0.3 is 0 Å². The molecule has 0 aliphatic carbocycles. The van der Waals surface area contributed by atoms with E-state index in [-0.39, 0.29) is 11.9 Å². The zero-order valence-corrected chi connectivity index (χ0v) is 14.8. The normalized spacial score (nSPS) is 17.8. The Kier molecular flexibility index (Phi) is 5.39. The fourth-order valence-electron chi connectivity index (χ4n) is 3.03. The highest BCUT2D eigenvalue weighted by Gasteiger charge is 2.26. The van der Waals surface area contributed by atoms with E-state index in [1.54, 1.807) is 18.3 Å². The third-order valence-electron chi connectivity index (χ3n) is 4.48. The van der Waals surface area contributed by atoms with Crippen molar-refractivity contribution in [2.24, 2.45) is 0 Å². The van der Waals surface area contributed by atoms with Gasteiger partial charge in [0.25, 0.3) is 0 Å². The van der Waals surface area contributed by atoms with Crippen molar-refractivity contribution in [3.63, 3.8) is 0 Å². The average Bonchev–Trinajstić information content (AvgIpc) is 2.56. The molecular weight excluding hydrogens is 324 g/mol. The second-order valence-electron chi connectivity index (χ2n) is 6.48. The highest BCUT2D eigenvalue weighted by Crippen LogP contribution is 2.34. The number of hydrogen-bond donors (Lipinski definition) is 1. The number of benzene rings is 1. The van der Waals surface area contributed by atoms with Gasteiger partial charge < -0.3 is 14.7 Å². The Balaban J connectivity index is 1.89. The van der Waals surface area contributed by atoms with Crippen LogP contribution in [0, 0.1) is 6.92 Å². The van der Waals surface area contributed by atoms with E-state index in [1.165, 1.54) is 0 Å². The standard InChI is InChI=1S/C19H23ClN2O2/c1-13-3-5-16(18(23)11-13)19(17-6-4-14(20)12-21-17)24-15-7-9-22(2)10-8-15/h3-6,11-12,15,19,23H,7-10H2,1-2H3. The Bertz CT molecular complexity index is 682. The Morgan fingerprint density at radius 1 is 1.25 bits per heavy atom. The van der Waals surface area contributed by atoms with E-state index >= 15 is 0 Å². The zero-order valence-electron chi connectivity index (χ0n) is 14.1. The largest absolute Gasteiger partial charge is 0.508 e. The highest BCUT2D eigenvalue weighted by molar-refractivity contribution is 6.30. The van der Waals surface area contributed by atoms with E-state index in [0.717, 1.165) is 42.8 Å². The second-order valence-corrected chi connectivity index (χ2v) is 6.92. The first-order valence-electron chi connectivity index (χ1n) is 8.28. The van der Waals surface area contributed by atoms with Crippen molar-refractivity contribution in [2.75, 3.05) is 20.1 Å². The predicted molar refractivity (Wildman–Crippen MR) is 95.5 cm³/mol. The van der Waals surface area contributed by atoms with E-state index in [0.29, 0.717) is 5.02 Å². The molecule has 0 radical (unpaired) electrons. The van der Waals surface area contributed by atoms with Crippen LogP contribution in [0.15, 0.2) is 36.5 Å². The lowest BCUT2D eigenvalue weighted by Gasteiger charge is -2.32. The monoisotopic (exact) mass is 346 g/mol. The smallest absolute Gasteiger partial charge is 0.128 e. The van der Waals surface area contributed by atoms with Gasteiger partial charge in [-0.05, 0) is 50.6 Å². The molecule has 0 amide bonds. The third-order valence-corrected chi connectivity index (χ3v) is 4.71. The SMILES string of the molecule is Cc1ccc(C(OC2CCN(C)CC2)c2ccc(Cl)cn2)c(O)c1. The van der Waals surface area contributed by atoms with E-state index in [2.05, 4.69) is 16.9 Å². The number of phenols is 1. The van der Waals surface area contributed by atoms with Gasteiger partial charge in [-0.15, -0.1) is 0 Å². The molecule has 1 N–H and O–H groups in total. The molecule has 1 fully saturated rings. The zero-order chi connectivity index (χ0) is 17.1. The van der Waals surface area contributed by atoms with Crippen LogP contribution in [-0.4, -0.2) is 41.2 Å². The number of aryl methyl sites for hydroxylation is 1. The molecule has 1 aliphatic rings. The quantitative estimate of drug-likeness (QED) is 0.910. The molecule has 1 aliphatic heterocycles. The summed E-state index contributed by atoms with van der Waals surface area (Å²) >= 11 is 5.96. The molecule has 1 aromatic carbocycles. The number of halogens is 1. The summed E-state index contributed by atoms with van der Waals surface area (Å²) in [4.78, 5) is 6.72. The van der Waals surface area contributed by atoms with E-state index in [4.69, 9.17) is 16.3 Å². The van der Waals surface area contributed by atoms with Crippen molar-refractivity contribution < 1.29 is 9.84 Å². The lowest BCUT2D eigenvalue weighted by Crippen LogP contribution is -2.35. The molecule has 3 rings (SSSR count).